The zero-order valence-electron chi connectivity index (χ0n) is 15.1. The number of carbonyl (C=O) groups is 1. The number of amides is 1. The fourth-order valence-corrected chi connectivity index (χ4v) is 4.11. The van der Waals surface area contributed by atoms with E-state index in [4.69, 9.17) is 0 Å². The Bertz CT molecular complexity index is 769. The second-order valence-electron chi connectivity index (χ2n) is 7.09. The number of aryl methyl sites for hydroxylation is 1. The van der Waals surface area contributed by atoms with Gasteiger partial charge in [-0.2, -0.15) is 0 Å². The van der Waals surface area contributed by atoms with E-state index in [2.05, 4.69) is 45.2 Å². The van der Waals surface area contributed by atoms with Crippen LogP contribution in [0.25, 0.3) is 0 Å². The molecule has 1 amide bonds. The minimum absolute atomic E-state index is 0. The Morgan fingerprint density at radius 2 is 2.04 bits per heavy atom. The molecule has 2 aliphatic rings. The van der Waals surface area contributed by atoms with Gasteiger partial charge in [0.25, 0.3) is 5.91 Å². The SMILES string of the molecule is Cc1c(C(=O)NCC2CCc3ccccc32)nnn1C1CCNCC1.Cl. The Labute approximate surface area is 160 Å². The standard InChI is InChI=1S/C19H25N5O.ClH/c1-13-18(22-23-24(13)16-8-10-20-11-9-16)19(25)21-12-15-7-6-14-4-2-3-5-17(14)15;/h2-5,15-16,20H,6-12H2,1H3,(H,21,25);1H. The summed E-state index contributed by atoms with van der Waals surface area (Å²) in [6.45, 7) is 4.59. The molecule has 1 unspecified atom stereocenters. The molecule has 26 heavy (non-hydrogen) atoms. The lowest BCUT2D eigenvalue weighted by atomic mass is 10.0. The Morgan fingerprint density at radius 1 is 1.27 bits per heavy atom. The minimum atomic E-state index is -0.109. The Morgan fingerprint density at radius 3 is 2.85 bits per heavy atom. The fourth-order valence-electron chi connectivity index (χ4n) is 4.11. The third-order valence-electron chi connectivity index (χ3n) is 5.56. The highest BCUT2D eigenvalue weighted by molar-refractivity contribution is 5.93. The van der Waals surface area contributed by atoms with Gasteiger partial charge in [0.15, 0.2) is 5.69 Å². The predicted molar refractivity (Wildman–Crippen MR) is 103 cm³/mol. The van der Waals surface area contributed by atoms with Crippen LogP contribution in [-0.4, -0.2) is 40.5 Å². The van der Waals surface area contributed by atoms with Crippen molar-refractivity contribution in [1.82, 2.24) is 25.6 Å². The van der Waals surface area contributed by atoms with Crippen LogP contribution in [0.1, 0.15) is 58.5 Å². The Hall–Kier alpha value is -1.92. The first-order valence-electron chi connectivity index (χ1n) is 9.22. The molecule has 2 aromatic rings. The van der Waals surface area contributed by atoms with Gasteiger partial charge in [-0.1, -0.05) is 29.5 Å². The summed E-state index contributed by atoms with van der Waals surface area (Å²) >= 11 is 0. The van der Waals surface area contributed by atoms with Crippen LogP contribution in [0.15, 0.2) is 24.3 Å². The number of piperidine rings is 1. The van der Waals surface area contributed by atoms with Crippen molar-refractivity contribution in [2.45, 2.75) is 44.6 Å². The molecule has 1 aliphatic carbocycles. The maximum atomic E-state index is 12.6. The van der Waals surface area contributed by atoms with Gasteiger partial charge in [-0.3, -0.25) is 4.79 Å². The number of nitrogens with zero attached hydrogens (tertiary/aromatic N) is 3. The molecular formula is C19H26ClN5O. The second-order valence-corrected chi connectivity index (χ2v) is 7.09. The second kappa shape index (κ2) is 8.18. The van der Waals surface area contributed by atoms with Crippen LogP contribution < -0.4 is 10.6 Å². The number of rotatable bonds is 4. The molecule has 1 aliphatic heterocycles. The molecule has 0 bridgehead atoms. The topological polar surface area (TPSA) is 71.8 Å². The number of hydrogen-bond acceptors (Lipinski definition) is 4. The third-order valence-corrected chi connectivity index (χ3v) is 5.56. The van der Waals surface area contributed by atoms with Crippen molar-refractivity contribution in [2.24, 2.45) is 0 Å². The van der Waals surface area contributed by atoms with Gasteiger partial charge >= 0.3 is 0 Å². The number of hydrogen-bond donors (Lipinski definition) is 2. The lowest BCUT2D eigenvalue weighted by Crippen LogP contribution is -2.31. The monoisotopic (exact) mass is 375 g/mol. The average molecular weight is 376 g/mol. The quantitative estimate of drug-likeness (QED) is 0.860. The van der Waals surface area contributed by atoms with Crippen LogP contribution in [0, 0.1) is 6.92 Å². The van der Waals surface area contributed by atoms with Crippen molar-refractivity contribution in [3.63, 3.8) is 0 Å². The number of carbonyl (C=O) groups excluding carboxylic acids is 1. The van der Waals surface area contributed by atoms with E-state index in [0.717, 1.165) is 44.5 Å². The molecule has 6 nitrogen and oxygen atoms in total. The molecule has 2 heterocycles. The number of aromatic nitrogens is 3. The summed E-state index contributed by atoms with van der Waals surface area (Å²) in [6, 6.07) is 8.87. The smallest absolute Gasteiger partial charge is 0.273 e. The van der Waals surface area contributed by atoms with Crippen LogP contribution in [0.3, 0.4) is 0 Å². The minimum Gasteiger partial charge on any atom is -0.350 e. The van der Waals surface area contributed by atoms with Gasteiger partial charge < -0.3 is 10.6 Å². The lowest BCUT2D eigenvalue weighted by Gasteiger charge is -2.23. The van der Waals surface area contributed by atoms with E-state index in [-0.39, 0.29) is 18.3 Å². The highest BCUT2D eigenvalue weighted by Crippen LogP contribution is 2.32. The molecule has 2 N–H and O–H groups in total. The largest absolute Gasteiger partial charge is 0.350 e. The summed E-state index contributed by atoms with van der Waals surface area (Å²) in [7, 11) is 0. The van der Waals surface area contributed by atoms with E-state index >= 15 is 0 Å². The van der Waals surface area contributed by atoms with Crippen LogP contribution in [0.4, 0.5) is 0 Å². The summed E-state index contributed by atoms with van der Waals surface area (Å²) in [5, 5.41) is 14.8. The van der Waals surface area contributed by atoms with Gasteiger partial charge in [0.1, 0.15) is 0 Å². The molecule has 1 fully saturated rings. The predicted octanol–water partition coefficient (Wildman–Crippen LogP) is 2.39. The van der Waals surface area contributed by atoms with Gasteiger partial charge in [-0.05, 0) is 56.8 Å². The van der Waals surface area contributed by atoms with Crippen LogP contribution >= 0.6 is 12.4 Å². The van der Waals surface area contributed by atoms with E-state index < -0.39 is 0 Å². The molecule has 0 radical (unpaired) electrons. The zero-order valence-corrected chi connectivity index (χ0v) is 15.9. The Kier molecular flexibility index (Phi) is 5.94. The van der Waals surface area contributed by atoms with E-state index in [1.54, 1.807) is 0 Å². The summed E-state index contributed by atoms with van der Waals surface area (Å²) in [5.74, 6) is 0.294. The van der Waals surface area contributed by atoms with Crippen molar-refractivity contribution in [1.29, 1.82) is 0 Å². The first kappa shape index (κ1) is 18.9. The molecule has 140 valence electrons. The molecule has 0 saturated carbocycles. The van der Waals surface area contributed by atoms with E-state index in [1.807, 2.05) is 11.6 Å². The van der Waals surface area contributed by atoms with Crippen molar-refractivity contribution in [3.05, 3.63) is 46.8 Å². The maximum absolute atomic E-state index is 12.6. The third kappa shape index (κ3) is 3.62. The van der Waals surface area contributed by atoms with Gasteiger partial charge in [-0.15, -0.1) is 17.5 Å². The van der Waals surface area contributed by atoms with Crippen molar-refractivity contribution in [3.8, 4) is 0 Å². The van der Waals surface area contributed by atoms with E-state index in [0.29, 0.717) is 24.2 Å². The molecule has 7 heteroatoms. The normalized spacial score (nSPS) is 19.7. The van der Waals surface area contributed by atoms with Gasteiger partial charge in [-0.25, -0.2) is 4.68 Å². The average Bonchev–Trinajstić information content (AvgIpc) is 3.24. The molecular weight excluding hydrogens is 350 g/mol. The molecule has 1 atom stereocenters. The summed E-state index contributed by atoms with van der Waals surface area (Å²) in [6.07, 6.45) is 4.26. The number of benzene rings is 1. The number of halogens is 1. The van der Waals surface area contributed by atoms with Crippen LogP contribution in [-0.2, 0) is 6.42 Å². The molecule has 1 aromatic heterocycles. The first-order valence-corrected chi connectivity index (χ1v) is 9.22. The van der Waals surface area contributed by atoms with Crippen molar-refractivity contribution in [2.75, 3.05) is 19.6 Å². The van der Waals surface area contributed by atoms with Gasteiger partial charge in [0.2, 0.25) is 0 Å². The number of nitrogens with one attached hydrogen (secondary N) is 2. The van der Waals surface area contributed by atoms with Crippen LogP contribution in [0.2, 0.25) is 0 Å². The molecule has 1 saturated heterocycles. The molecule has 4 rings (SSSR count). The fraction of sp³-hybridized carbons (Fsp3) is 0.526. The van der Waals surface area contributed by atoms with Crippen LogP contribution in [0.5, 0.6) is 0 Å². The highest BCUT2D eigenvalue weighted by Gasteiger charge is 2.25. The number of fused-ring (bicyclic) bond motifs is 1. The summed E-state index contributed by atoms with van der Waals surface area (Å²) in [4.78, 5) is 12.6. The van der Waals surface area contributed by atoms with E-state index in [1.165, 1.54) is 11.1 Å². The van der Waals surface area contributed by atoms with Gasteiger partial charge in [0.05, 0.1) is 11.7 Å². The van der Waals surface area contributed by atoms with Crippen molar-refractivity contribution < 1.29 is 4.79 Å². The summed E-state index contributed by atoms with van der Waals surface area (Å²) < 4.78 is 1.93. The molecule has 0 spiro atoms. The maximum Gasteiger partial charge on any atom is 0.273 e. The molecule has 1 aromatic carbocycles. The highest BCUT2D eigenvalue weighted by atomic mass is 35.5. The summed E-state index contributed by atoms with van der Waals surface area (Å²) in [5.41, 5.74) is 4.12. The lowest BCUT2D eigenvalue weighted by molar-refractivity contribution is 0.0945. The van der Waals surface area contributed by atoms with Gasteiger partial charge in [0, 0.05) is 12.5 Å². The Balaban J connectivity index is 0.00000196. The van der Waals surface area contributed by atoms with Crippen molar-refractivity contribution >= 4 is 18.3 Å². The van der Waals surface area contributed by atoms with E-state index in [9.17, 15) is 4.79 Å². The zero-order chi connectivity index (χ0) is 17.2. The first-order chi connectivity index (χ1) is 12.2.